The first-order valence-electron chi connectivity index (χ1n) is 7.78. The molecule has 0 aromatic carbocycles. The minimum atomic E-state index is -3.36. The van der Waals surface area contributed by atoms with Crippen molar-refractivity contribution >= 4 is 10.2 Å². The van der Waals surface area contributed by atoms with Gasteiger partial charge < -0.3 is 4.74 Å². The molecule has 1 unspecified atom stereocenters. The van der Waals surface area contributed by atoms with E-state index in [0.717, 1.165) is 38.5 Å². The monoisotopic (exact) mass is 304 g/mol. The average Bonchev–Trinajstić information content (AvgIpc) is 2.82. The molecule has 0 bridgehead atoms. The van der Waals surface area contributed by atoms with Crippen molar-refractivity contribution in [1.82, 2.24) is 9.03 Å². The zero-order chi connectivity index (χ0) is 14.6. The second-order valence-electron chi connectivity index (χ2n) is 6.29. The van der Waals surface area contributed by atoms with E-state index >= 15 is 0 Å². The Balaban J connectivity index is 1.93. The summed E-state index contributed by atoms with van der Waals surface area (Å²) in [6.07, 6.45) is 7.62. The van der Waals surface area contributed by atoms with Gasteiger partial charge in [0, 0.05) is 26.2 Å². The summed E-state index contributed by atoms with van der Waals surface area (Å²) in [6.45, 7) is 3.87. The van der Waals surface area contributed by atoms with Gasteiger partial charge in [-0.05, 0) is 37.5 Å². The summed E-state index contributed by atoms with van der Waals surface area (Å²) >= 11 is 0. The van der Waals surface area contributed by atoms with Crippen LogP contribution in [-0.2, 0) is 14.9 Å². The molecule has 0 amide bonds. The molecule has 2 fully saturated rings. The first-order valence-corrected chi connectivity index (χ1v) is 9.22. The molecule has 6 heteroatoms. The number of hydrogen-bond donors (Lipinski definition) is 1. The number of methoxy groups -OCH3 is 1. The summed E-state index contributed by atoms with van der Waals surface area (Å²) in [4.78, 5) is 0. The van der Waals surface area contributed by atoms with E-state index in [-0.39, 0.29) is 11.5 Å². The van der Waals surface area contributed by atoms with E-state index in [1.165, 1.54) is 6.42 Å². The molecule has 1 aliphatic heterocycles. The zero-order valence-electron chi connectivity index (χ0n) is 12.7. The number of ether oxygens (including phenoxy) is 1. The van der Waals surface area contributed by atoms with Crippen LogP contribution in [-0.4, -0.2) is 45.6 Å². The summed E-state index contributed by atoms with van der Waals surface area (Å²) in [5, 5.41) is 0. The third-order valence-electron chi connectivity index (χ3n) is 4.82. The number of nitrogens with one attached hydrogen (secondary N) is 1. The van der Waals surface area contributed by atoms with Crippen LogP contribution in [0.5, 0.6) is 0 Å². The van der Waals surface area contributed by atoms with Gasteiger partial charge >= 0.3 is 0 Å². The molecule has 1 saturated heterocycles. The van der Waals surface area contributed by atoms with Crippen LogP contribution in [0.2, 0.25) is 0 Å². The van der Waals surface area contributed by atoms with Gasteiger partial charge in [-0.15, -0.1) is 0 Å². The Hall–Kier alpha value is -0.170. The number of nitrogens with zero attached hydrogens (tertiary/aromatic N) is 1. The van der Waals surface area contributed by atoms with E-state index < -0.39 is 10.2 Å². The molecule has 1 heterocycles. The van der Waals surface area contributed by atoms with Gasteiger partial charge in [-0.25, -0.2) is 4.72 Å². The Morgan fingerprint density at radius 2 is 2.10 bits per heavy atom. The summed E-state index contributed by atoms with van der Waals surface area (Å²) in [5.41, 5.74) is 0.221. The zero-order valence-corrected chi connectivity index (χ0v) is 13.5. The Kier molecular flexibility index (Phi) is 5.45. The first-order chi connectivity index (χ1) is 9.53. The lowest BCUT2D eigenvalue weighted by atomic mass is 9.66. The molecule has 0 aromatic rings. The molecule has 1 aliphatic carbocycles. The SMILES string of the molecule is CCCC1(CNS(=O)(=O)N2CCCC2COC)CCC1. The average molecular weight is 304 g/mol. The minimum Gasteiger partial charge on any atom is -0.383 e. The first kappa shape index (κ1) is 16.2. The van der Waals surface area contributed by atoms with Crippen molar-refractivity contribution in [1.29, 1.82) is 0 Å². The van der Waals surface area contributed by atoms with Gasteiger partial charge in [-0.3, -0.25) is 0 Å². The maximum Gasteiger partial charge on any atom is 0.279 e. The predicted octanol–water partition coefficient (Wildman–Crippen LogP) is 1.90. The third-order valence-corrected chi connectivity index (χ3v) is 6.42. The van der Waals surface area contributed by atoms with E-state index in [2.05, 4.69) is 11.6 Å². The van der Waals surface area contributed by atoms with Crippen LogP contribution in [0.25, 0.3) is 0 Å². The van der Waals surface area contributed by atoms with Gasteiger partial charge in [0.1, 0.15) is 0 Å². The molecule has 2 aliphatic rings. The summed E-state index contributed by atoms with van der Waals surface area (Å²) in [6, 6.07) is 0.000940. The Morgan fingerprint density at radius 1 is 1.35 bits per heavy atom. The second kappa shape index (κ2) is 6.73. The quantitative estimate of drug-likeness (QED) is 0.745. The van der Waals surface area contributed by atoms with Gasteiger partial charge in [-0.1, -0.05) is 19.8 Å². The van der Waals surface area contributed by atoms with Crippen LogP contribution >= 0.6 is 0 Å². The van der Waals surface area contributed by atoms with Gasteiger partial charge in [0.2, 0.25) is 0 Å². The molecule has 2 rings (SSSR count). The van der Waals surface area contributed by atoms with E-state index in [1.54, 1.807) is 11.4 Å². The molecule has 1 atom stereocenters. The van der Waals surface area contributed by atoms with E-state index in [4.69, 9.17) is 4.74 Å². The van der Waals surface area contributed by atoms with E-state index in [1.807, 2.05) is 0 Å². The molecule has 118 valence electrons. The van der Waals surface area contributed by atoms with Crippen molar-refractivity contribution in [3.8, 4) is 0 Å². The highest BCUT2D eigenvalue weighted by Crippen LogP contribution is 2.44. The van der Waals surface area contributed by atoms with Crippen LogP contribution in [0.4, 0.5) is 0 Å². The Morgan fingerprint density at radius 3 is 2.65 bits per heavy atom. The molecular weight excluding hydrogens is 276 g/mol. The maximum absolute atomic E-state index is 12.5. The highest BCUT2D eigenvalue weighted by Gasteiger charge is 2.39. The normalized spacial score (nSPS) is 26.6. The van der Waals surface area contributed by atoms with E-state index in [9.17, 15) is 8.42 Å². The van der Waals surface area contributed by atoms with Crippen molar-refractivity contribution in [2.45, 2.75) is 57.9 Å². The van der Waals surface area contributed by atoms with Gasteiger partial charge in [-0.2, -0.15) is 12.7 Å². The van der Waals surface area contributed by atoms with Gasteiger partial charge in [0.25, 0.3) is 10.2 Å². The van der Waals surface area contributed by atoms with Crippen LogP contribution in [0.15, 0.2) is 0 Å². The molecule has 0 radical (unpaired) electrons. The minimum absolute atomic E-state index is 0.000940. The smallest absolute Gasteiger partial charge is 0.279 e. The Bertz CT molecular complexity index is 407. The van der Waals surface area contributed by atoms with Gasteiger partial charge in [0.05, 0.1) is 6.61 Å². The molecule has 1 saturated carbocycles. The van der Waals surface area contributed by atoms with E-state index in [0.29, 0.717) is 19.7 Å². The fourth-order valence-electron chi connectivity index (χ4n) is 3.53. The summed E-state index contributed by atoms with van der Waals surface area (Å²) in [7, 11) is -1.73. The molecule has 0 aromatic heterocycles. The lowest BCUT2D eigenvalue weighted by Crippen LogP contribution is -2.49. The number of rotatable bonds is 8. The van der Waals surface area contributed by atoms with Gasteiger partial charge in [0.15, 0.2) is 0 Å². The highest BCUT2D eigenvalue weighted by atomic mass is 32.2. The fourth-order valence-corrected chi connectivity index (χ4v) is 5.12. The molecule has 20 heavy (non-hydrogen) atoms. The van der Waals surface area contributed by atoms with Crippen molar-refractivity contribution in [3.05, 3.63) is 0 Å². The topological polar surface area (TPSA) is 58.6 Å². The van der Waals surface area contributed by atoms with Crippen LogP contribution < -0.4 is 4.72 Å². The van der Waals surface area contributed by atoms with Crippen LogP contribution in [0.1, 0.15) is 51.9 Å². The summed E-state index contributed by atoms with van der Waals surface area (Å²) in [5.74, 6) is 0. The predicted molar refractivity (Wildman–Crippen MR) is 79.7 cm³/mol. The molecule has 0 spiro atoms. The van der Waals surface area contributed by atoms with Crippen molar-refractivity contribution in [2.24, 2.45) is 5.41 Å². The van der Waals surface area contributed by atoms with Crippen molar-refractivity contribution in [3.63, 3.8) is 0 Å². The lowest BCUT2D eigenvalue weighted by Gasteiger charge is -2.42. The standard InChI is InChI=1S/C14H28N2O3S/c1-3-7-14(8-5-9-14)12-15-20(17,18)16-10-4-6-13(16)11-19-2/h13,15H,3-12H2,1-2H3. The molecule has 1 N–H and O–H groups in total. The van der Waals surface area contributed by atoms with Crippen molar-refractivity contribution in [2.75, 3.05) is 26.8 Å². The Labute approximate surface area is 123 Å². The molecule has 5 nitrogen and oxygen atoms in total. The maximum atomic E-state index is 12.5. The lowest BCUT2D eigenvalue weighted by molar-refractivity contribution is 0.121. The van der Waals surface area contributed by atoms with Crippen LogP contribution in [0.3, 0.4) is 0 Å². The van der Waals surface area contributed by atoms with Crippen LogP contribution in [0, 0.1) is 5.41 Å². The number of hydrogen-bond acceptors (Lipinski definition) is 3. The highest BCUT2D eigenvalue weighted by molar-refractivity contribution is 7.87. The fraction of sp³-hybridized carbons (Fsp3) is 1.00. The third kappa shape index (κ3) is 3.53. The molecular formula is C14H28N2O3S. The largest absolute Gasteiger partial charge is 0.383 e. The van der Waals surface area contributed by atoms with Crippen molar-refractivity contribution < 1.29 is 13.2 Å². The summed E-state index contributed by atoms with van der Waals surface area (Å²) < 4.78 is 34.5. The second-order valence-corrected chi connectivity index (χ2v) is 8.00.